The predicted octanol–water partition coefficient (Wildman–Crippen LogP) is 3.24. The zero-order valence-corrected chi connectivity index (χ0v) is 13.8. The van der Waals surface area contributed by atoms with E-state index in [9.17, 15) is 10.2 Å². The van der Waals surface area contributed by atoms with Crippen molar-refractivity contribution in [1.29, 1.82) is 0 Å². The lowest BCUT2D eigenvalue weighted by atomic mass is 9.91. The third-order valence-electron chi connectivity index (χ3n) is 4.47. The van der Waals surface area contributed by atoms with Crippen molar-refractivity contribution in [2.45, 2.75) is 52.2 Å². The number of aryl methyl sites for hydroxylation is 1. The highest BCUT2D eigenvalue weighted by atomic mass is 16.5. The smallest absolute Gasteiger partial charge is 0.123 e. The van der Waals surface area contributed by atoms with Gasteiger partial charge in [0.05, 0.1) is 11.6 Å². The summed E-state index contributed by atoms with van der Waals surface area (Å²) in [6.07, 6.45) is 6.56. The fourth-order valence-corrected chi connectivity index (χ4v) is 2.77. The van der Waals surface area contributed by atoms with Crippen molar-refractivity contribution in [2.24, 2.45) is 4.99 Å². The molecular formula is C18H25NO3. The van der Waals surface area contributed by atoms with E-state index in [1.54, 1.807) is 6.21 Å². The molecule has 0 amide bonds. The van der Waals surface area contributed by atoms with Crippen LogP contribution in [0.25, 0.3) is 0 Å². The van der Waals surface area contributed by atoms with Gasteiger partial charge in [0.25, 0.3) is 0 Å². The highest BCUT2D eigenvalue weighted by molar-refractivity contribution is 5.75. The summed E-state index contributed by atoms with van der Waals surface area (Å²) in [5, 5.41) is 20.2. The predicted molar refractivity (Wildman–Crippen MR) is 89.1 cm³/mol. The van der Waals surface area contributed by atoms with Gasteiger partial charge in [0.15, 0.2) is 0 Å². The second-order valence-corrected chi connectivity index (χ2v) is 6.05. The monoisotopic (exact) mass is 303 g/mol. The van der Waals surface area contributed by atoms with E-state index in [0.29, 0.717) is 17.9 Å². The molecule has 1 aromatic rings. The van der Waals surface area contributed by atoms with Gasteiger partial charge in [-0.1, -0.05) is 13.0 Å². The average Bonchev–Trinajstić information content (AvgIpc) is 2.96. The first-order valence-corrected chi connectivity index (χ1v) is 7.72. The second-order valence-electron chi connectivity index (χ2n) is 6.05. The number of allylic oxidation sites excluding steroid dienone is 1. The Morgan fingerprint density at radius 3 is 2.59 bits per heavy atom. The van der Waals surface area contributed by atoms with Crippen molar-refractivity contribution in [3.05, 3.63) is 34.9 Å². The Morgan fingerprint density at radius 2 is 2.00 bits per heavy atom. The molecule has 1 heterocycles. The summed E-state index contributed by atoms with van der Waals surface area (Å²) >= 11 is 0. The minimum Gasteiger partial charge on any atom is -0.507 e. The SMILES string of the molecule is CCC1(CC(O)COc2cc(C)c(O)c(C)c2C)C=CC=N1. The maximum Gasteiger partial charge on any atom is 0.123 e. The Kier molecular flexibility index (Phi) is 4.91. The summed E-state index contributed by atoms with van der Waals surface area (Å²) in [5.41, 5.74) is 2.21. The highest BCUT2D eigenvalue weighted by Gasteiger charge is 2.29. The van der Waals surface area contributed by atoms with E-state index in [2.05, 4.69) is 11.9 Å². The molecule has 1 aromatic carbocycles. The molecule has 4 nitrogen and oxygen atoms in total. The molecule has 2 N–H and O–H groups in total. The summed E-state index contributed by atoms with van der Waals surface area (Å²) < 4.78 is 5.78. The number of rotatable bonds is 6. The van der Waals surface area contributed by atoms with Crippen molar-refractivity contribution < 1.29 is 14.9 Å². The van der Waals surface area contributed by atoms with Crippen molar-refractivity contribution in [3.8, 4) is 11.5 Å². The molecule has 0 aliphatic carbocycles. The van der Waals surface area contributed by atoms with Crippen LogP contribution in [0.5, 0.6) is 11.5 Å². The Balaban J connectivity index is 2.01. The van der Waals surface area contributed by atoms with Crippen LogP contribution in [-0.4, -0.2) is 34.7 Å². The van der Waals surface area contributed by atoms with Crippen molar-refractivity contribution in [1.82, 2.24) is 0 Å². The Morgan fingerprint density at radius 1 is 1.27 bits per heavy atom. The molecule has 1 aliphatic heterocycles. The number of hydrogen-bond donors (Lipinski definition) is 2. The molecule has 0 fully saturated rings. The van der Waals surface area contributed by atoms with Gasteiger partial charge in [0, 0.05) is 12.6 Å². The van der Waals surface area contributed by atoms with E-state index < -0.39 is 6.10 Å². The lowest BCUT2D eigenvalue weighted by Gasteiger charge is -2.25. The first kappa shape index (κ1) is 16.6. The number of ether oxygens (including phenoxy) is 1. The van der Waals surface area contributed by atoms with Crippen LogP contribution in [0.2, 0.25) is 0 Å². The molecule has 1 aliphatic rings. The number of phenolic OH excluding ortho intramolecular Hbond substituents is 1. The topological polar surface area (TPSA) is 62.0 Å². The van der Waals surface area contributed by atoms with Crippen LogP contribution < -0.4 is 4.74 Å². The maximum absolute atomic E-state index is 10.3. The Bertz CT molecular complexity index is 593. The maximum atomic E-state index is 10.3. The number of benzene rings is 1. The van der Waals surface area contributed by atoms with Gasteiger partial charge in [-0.2, -0.15) is 0 Å². The third kappa shape index (κ3) is 3.33. The highest BCUT2D eigenvalue weighted by Crippen LogP contribution is 2.32. The zero-order valence-electron chi connectivity index (χ0n) is 13.8. The van der Waals surface area contributed by atoms with E-state index in [0.717, 1.165) is 23.1 Å². The molecule has 0 aromatic heterocycles. The number of nitrogens with zero attached hydrogens (tertiary/aromatic N) is 1. The van der Waals surface area contributed by atoms with Crippen LogP contribution in [0, 0.1) is 20.8 Å². The van der Waals surface area contributed by atoms with E-state index in [-0.39, 0.29) is 12.1 Å². The average molecular weight is 303 g/mol. The van der Waals surface area contributed by atoms with Gasteiger partial charge >= 0.3 is 0 Å². The van der Waals surface area contributed by atoms with E-state index in [4.69, 9.17) is 4.74 Å². The molecule has 0 bridgehead atoms. The van der Waals surface area contributed by atoms with Crippen molar-refractivity contribution >= 4 is 6.21 Å². The normalized spacial score (nSPS) is 21.3. The Labute approximate surface area is 132 Å². The number of aromatic hydroxyl groups is 1. The third-order valence-corrected chi connectivity index (χ3v) is 4.47. The van der Waals surface area contributed by atoms with Crippen LogP contribution in [0.1, 0.15) is 36.5 Å². The molecule has 2 unspecified atom stereocenters. The first-order chi connectivity index (χ1) is 10.4. The molecule has 2 atom stereocenters. The van der Waals surface area contributed by atoms with Crippen LogP contribution in [0.15, 0.2) is 23.2 Å². The minimum atomic E-state index is -0.589. The summed E-state index contributed by atoms with van der Waals surface area (Å²) in [4.78, 5) is 4.45. The van der Waals surface area contributed by atoms with Crippen molar-refractivity contribution in [2.75, 3.05) is 6.61 Å². The van der Waals surface area contributed by atoms with Crippen LogP contribution >= 0.6 is 0 Å². The number of phenols is 1. The van der Waals surface area contributed by atoms with Gasteiger partial charge in [-0.05, 0) is 56.0 Å². The molecule has 2 rings (SSSR count). The van der Waals surface area contributed by atoms with Gasteiger partial charge in [0.2, 0.25) is 0 Å². The molecule has 4 heteroatoms. The fourth-order valence-electron chi connectivity index (χ4n) is 2.77. The van der Waals surface area contributed by atoms with Gasteiger partial charge in [0.1, 0.15) is 18.1 Å². The number of aliphatic hydroxyl groups excluding tert-OH is 1. The van der Waals surface area contributed by atoms with Gasteiger partial charge in [-0.15, -0.1) is 0 Å². The summed E-state index contributed by atoms with van der Waals surface area (Å²) in [6, 6.07) is 1.81. The van der Waals surface area contributed by atoms with Gasteiger partial charge in [-0.25, -0.2) is 0 Å². The molecule has 22 heavy (non-hydrogen) atoms. The van der Waals surface area contributed by atoms with Gasteiger partial charge < -0.3 is 14.9 Å². The summed E-state index contributed by atoms with van der Waals surface area (Å²) in [7, 11) is 0. The van der Waals surface area contributed by atoms with Crippen molar-refractivity contribution in [3.63, 3.8) is 0 Å². The molecular weight excluding hydrogens is 278 g/mol. The molecule has 0 spiro atoms. The summed E-state index contributed by atoms with van der Waals surface area (Å²) in [6.45, 7) is 7.90. The minimum absolute atomic E-state index is 0.218. The molecule has 0 radical (unpaired) electrons. The van der Waals surface area contributed by atoms with Gasteiger partial charge in [-0.3, -0.25) is 4.99 Å². The molecule has 120 valence electrons. The molecule has 0 saturated heterocycles. The second kappa shape index (κ2) is 6.53. The first-order valence-electron chi connectivity index (χ1n) is 7.72. The van der Waals surface area contributed by atoms with E-state index >= 15 is 0 Å². The van der Waals surface area contributed by atoms with E-state index in [1.165, 1.54) is 0 Å². The molecule has 0 saturated carbocycles. The van der Waals surface area contributed by atoms with Crippen LogP contribution in [0.3, 0.4) is 0 Å². The van der Waals surface area contributed by atoms with Crippen LogP contribution in [0.4, 0.5) is 0 Å². The quantitative estimate of drug-likeness (QED) is 0.848. The van der Waals surface area contributed by atoms with Crippen LogP contribution in [-0.2, 0) is 0 Å². The Hall–Kier alpha value is -1.81. The number of aliphatic imine (C=N–C) groups is 1. The summed E-state index contributed by atoms with van der Waals surface area (Å²) in [5.74, 6) is 1.02. The zero-order chi connectivity index (χ0) is 16.3. The van der Waals surface area contributed by atoms with E-state index in [1.807, 2.05) is 39.0 Å². The fraction of sp³-hybridized carbons (Fsp3) is 0.500. The lowest BCUT2D eigenvalue weighted by Crippen LogP contribution is -2.31. The number of aliphatic hydroxyl groups is 1. The lowest BCUT2D eigenvalue weighted by molar-refractivity contribution is 0.0850. The standard InChI is InChI=1S/C18H25NO3/c1-5-18(7-6-8-19-18)10-15(20)11-22-16-9-12(2)17(21)14(4)13(16)3/h6-9,15,20-21H,5,10-11H2,1-4H3. The number of hydrogen-bond acceptors (Lipinski definition) is 4. The largest absolute Gasteiger partial charge is 0.507 e.